The lowest BCUT2D eigenvalue weighted by Crippen LogP contribution is -2.28. The molecule has 0 N–H and O–H groups in total. The van der Waals surface area contributed by atoms with Crippen molar-refractivity contribution in [3.63, 3.8) is 0 Å². The minimum absolute atomic E-state index is 0.163. The number of hydrogen-bond acceptors (Lipinski definition) is 2. The van der Waals surface area contributed by atoms with Crippen molar-refractivity contribution >= 4 is 5.78 Å². The van der Waals surface area contributed by atoms with Gasteiger partial charge in [0, 0.05) is 20.5 Å². The Morgan fingerprint density at radius 1 is 1.42 bits per heavy atom. The Labute approximate surface area is 74.2 Å². The summed E-state index contributed by atoms with van der Waals surface area (Å²) in [5, 5.41) is 0. The second kappa shape index (κ2) is 2.92. The lowest BCUT2D eigenvalue weighted by atomic mass is 9.79. The molecule has 0 aromatic rings. The van der Waals surface area contributed by atoms with E-state index in [4.69, 9.17) is 0 Å². The molecule has 68 valence electrons. The van der Waals surface area contributed by atoms with Gasteiger partial charge in [-0.2, -0.15) is 0 Å². The molecule has 0 unspecified atom stereocenters. The van der Waals surface area contributed by atoms with E-state index in [0.717, 1.165) is 12.1 Å². The standard InChI is InChI=1S/C10H17NO/c1-10(2)6-5-8(11(3)4)9(12)7-10/h5H,6-7H2,1-4H3. The van der Waals surface area contributed by atoms with E-state index in [0.29, 0.717) is 6.42 Å². The number of nitrogens with zero attached hydrogens (tertiary/aromatic N) is 1. The molecule has 0 aromatic heterocycles. The second-order valence-corrected chi connectivity index (χ2v) is 4.45. The molecule has 2 nitrogen and oxygen atoms in total. The van der Waals surface area contributed by atoms with Gasteiger partial charge in [-0.25, -0.2) is 0 Å². The number of rotatable bonds is 1. The third-order valence-corrected chi connectivity index (χ3v) is 2.25. The first-order valence-electron chi connectivity index (χ1n) is 4.33. The summed E-state index contributed by atoms with van der Waals surface area (Å²) in [5.41, 5.74) is 1.03. The Morgan fingerprint density at radius 2 is 2.00 bits per heavy atom. The molecule has 0 atom stereocenters. The van der Waals surface area contributed by atoms with Crippen LogP contribution >= 0.6 is 0 Å². The van der Waals surface area contributed by atoms with Crippen LogP contribution in [-0.2, 0) is 4.79 Å². The Balaban J connectivity index is 2.82. The van der Waals surface area contributed by atoms with Gasteiger partial charge in [-0.1, -0.05) is 19.9 Å². The number of ketones is 1. The van der Waals surface area contributed by atoms with Crippen molar-refractivity contribution in [2.24, 2.45) is 5.41 Å². The summed E-state index contributed by atoms with van der Waals surface area (Å²) in [6, 6.07) is 0. The quantitative estimate of drug-likeness (QED) is 0.593. The van der Waals surface area contributed by atoms with Gasteiger partial charge in [-0.15, -0.1) is 0 Å². The summed E-state index contributed by atoms with van der Waals surface area (Å²) in [4.78, 5) is 13.4. The molecule has 12 heavy (non-hydrogen) atoms. The van der Waals surface area contributed by atoms with E-state index in [1.54, 1.807) is 0 Å². The summed E-state index contributed by atoms with van der Waals surface area (Å²) >= 11 is 0. The number of carbonyl (C=O) groups is 1. The zero-order valence-electron chi connectivity index (χ0n) is 8.35. The van der Waals surface area contributed by atoms with Crippen molar-refractivity contribution in [3.05, 3.63) is 11.8 Å². The molecule has 1 aliphatic carbocycles. The molecule has 1 aliphatic rings. The maximum Gasteiger partial charge on any atom is 0.179 e. The van der Waals surface area contributed by atoms with Gasteiger partial charge in [0.15, 0.2) is 5.78 Å². The van der Waals surface area contributed by atoms with Crippen molar-refractivity contribution in [1.29, 1.82) is 0 Å². The van der Waals surface area contributed by atoms with E-state index in [9.17, 15) is 4.79 Å². The molecule has 0 aromatic carbocycles. The van der Waals surface area contributed by atoms with E-state index < -0.39 is 0 Å². The summed E-state index contributed by atoms with van der Waals surface area (Å²) in [7, 11) is 3.84. The van der Waals surface area contributed by atoms with E-state index in [1.807, 2.05) is 25.1 Å². The SMILES string of the molecule is CN(C)C1=CCC(C)(C)CC1=O. The van der Waals surface area contributed by atoms with Crippen molar-refractivity contribution in [2.45, 2.75) is 26.7 Å². The molecule has 2 heteroatoms. The first-order chi connectivity index (χ1) is 5.42. The Kier molecular flexibility index (Phi) is 2.27. The van der Waals surface area contributed by atoms with Gasteiger partial charge in [0.2, 0.25) is 0 Å². The molecular formula is C10H17NO. The van der Waals surface area contributed by atoms with Crippen molar-refractivity contribution in [2.75, 3.05) is 14.1 Å². The maximum atomic E-state index is 11.5. The molecular weight excluding hydrogens is 150 g/mol. The van der Waals surface area contributed by atoms with Gasteiger partial charge in [0.25, 0.3) is 0 Å². The average molecular weight is 167 g/mol. The predicted molar refractivity (Wildman–Crippen MR) is 49.8 cm³/mol. The lowest BCUT2D eigenvalue weighted by Gasteiger charge is -2.29. The third-order valence-electron chi connectivity index (χ3n) is 2.25. The molecule has 0 radical (unpaired) electrons. The molecule has 0 heterocycles. The van der Waals surface area contributed by atoms with Gasteiger partial charge in [0.1, 0.15) is 0 Å². The van der Waals surface area contributed by atoms with Crippen molar-refractivity contribution in [1.82, 2.24) is 4.90 Å². The highest BCUT2D eigenvalue weighted by molar-refractivity contribution is 5.95. The van der Waals surface area contributed by atoms with Crippen LogP contribution in [0.1, 0.15) is 26.7 Å². The fraction of sp³-hybridized carbons (Fsp3) is 0.700. The largest absolute Gasteiger partial charge is 0.375 e. The van der Waals surface area contributed by atoms with Crippen LogP contribution in [0.5, 0.6) is 0 Å². The fourth-order valence-electron chi connectivity index (χ4n) is 1.52. The molecule has 0 saturated heterocycles. The minimum atomic E-state index is 0.163. The van der Waals surface area contributed by atoms with E-state index in [-0.39, 0.29) is 11.2 Å². The topological polar surface area (TPSA) is 20.3 Å². The monoisotopic (exact) mass is 167 g/mol. The zero-order valence-corrected chi connectivity index (χ0v) is 8.35. The highest BCUT2D eigenvalue weighted by Gasteiger charge is 2.28. The highest BCUT2D eigenvalue weighted by Crippen LogP contribution is 2.32. The number of allylic oxidation sites excluding steroid dienone is 2. The molecule has 1 rings (SSSR count). The molecule has 0 fully saturated rings. The van der Waals surface area contributed by atoms with E-state index >= 15 is 0 Å². The van der Waals surface area contributed by atoms with Crippen LogP contribution in [0.4, 0.5) is 0 Å². The van der Waals surface area contributed by atoms with Crippen LogP contribution in [0, 0.1) is 5.41 Å². The molecule has 0 bridgehead atoms. The number of carbonyl (C=O) groups excluding carboxylic acids is 1. The van der Waals surface area contributed by atoms with Gasteiger partial charge >= 0.3 is 0 Å². The average Bonchev–Trinajstić information content (AvgIpc) is 1.83. The molecule has 0 amide bonds. The van der Waals surface area contributed by atoms with Crippen LogP contribution in [0.3, 0.4) is 0 Å². The second-order valence-electron chi connectivity index (χ2n) is 4.45. The smallest absolute Gasteiger partial charge is 0.179 e. The third kappa shape index (κ3) is 1.87. The van der Waals surface area contributed by atoms with Gasteiger partial charge in [0.05, 0.1) is 5.70 Å². The van der Waals surface area contributed by atoms with Crippen LogP contribution in [0.2, 0.25) is 0 Å². The van der Waals surface area contributed by atoms with Crippen LogP contribution in [0.15, 0.2) is 11.8 Å². The lowest BCUT2D eigenvalue weighted by molar-refractivity contribution is -0.119. The first kappa shape index (κ1) is 9.30. The Bertz CT molecular complexity index is 226. The highest BCUT2D eigenvalue weighted by atomic mass is 16.1. The molecule has 0 saturated carbocycles. The number of likely N-dealkylation sites (N-methyl/N-ethyl adjacent to an activating group) is 1. The molecule has 0 aliphatic heterocycles. The van der Waals surface area contributed by atoms with Crippen molar-refractivity contribution in [3.8, 4) is 0 Å². The normalized spacial score (nSPS) is 22.0. The van der Waals surface area contributed by atoms with Gasteiger partial charge in [-0.3, -0.25) is 4.79 Å². The van der Waals surface area contributed by atoms with Crippen molar-refractivity contribution < 1.29 is 4.79 Å². The molecule has 0 spiro atoms. The van der Waals surface area contributed by atoms with E-state index in [1.165, 1.54) is 0 Å². The van der Waals surface area contributed by atoms with Gasteiger partial charge < -0.3 is 4.90 Å². The minimum Gasteiger partial charge on any atom is -0.375 e. The summed E-state index contributed by atoms with van der Waals surface area (Å²) in [6.07, 6.45) is 3.73. The Morgan fingerprint density at radius 3 is 2.42 bits per heavy atom. The maximum absolute atomic E-state index is 11.5. The first-order valence-corrected chi connectivity index (χ1v) is 4.33. The van der Waals surface area contributed by atoms with E-state index in [2.05, 4.69) is 13.8 Å². The zero-order chi connectivity index (χ0) is 9.35. The van der Waals surface area contributed by atoms with Crippen LogP contribution < -0.4 is 0 Å². The summed E-state index contributed by atoms with van der Waals surface area (Å²) < 4.78 is 0. The van der Waals surface area contributed by atoms with Gasteiger partial charge in [-0.05, 0) is 11.8 Å². The van der Waals surface area contributed by atoms with Crippen LogP contribution in [0.25, 0.3) is 0 Å². The Hall–Kier alpha value is -0.790. The number of hydrogen-bond donors (Lipinski definition) is 0. The predicted octanol–water partition coefficient (Wildman–Crippen LogP) is 1.82. The number of Topliss-reactive ketones (excluding diaryl/α,β-unsaturated/α-hetero) is 1. The summed E-state index contributed by atoms with van der Waals surface area (Å²) in [6.45, 7) is 4.27. The fourth-order valence-corrected chi connectivity index (χ4v) is 1.52. The summed E-state index contributed by atoms with van der Waals surface area (Å²) in [5.74, 6) is 0.274. The van der Waals surface area contributed by atoms with Crippen LogP contribution in [-0.4, -0.2) is 24.8 Å².